The van der Waals surface area contributed by atoms with E-state index in [2.05, 4.69) is 30.7 Å². The Kier molecular flexibility index (Phi) is 4.79. The first kappa shape index (κ1) is 20.9. The number of rotatable bonds is 3. The van der Waals surface area contributed by atoms with Crippen LogP contribution < -0.4 is 4.90 Å². The Hall–Kier alpha value is -2.31. The first-order valence-electron chi connectivity index (χ1n) is 10.4. The molecule has 4 rings (SSSR count). The molecule has 4 nitrogen and oxygen atoms in total. The Bertz CT molecular complexity index is 1000. The lowest BCUT2D eigenvalue weighted by atomic mass is 9.65. The molecule has 0 N–H and O–H groups in total. The van der Waals surface area contributed by atoms with Gasteiger partial charge in [0.05, 0.1) is 23.4 Å². The van der Waals surface area contributed by atoms with E-state index in [1.54, 1.807) is 13.0 Å². The van der Waals surface area contributed by atoms with Gasteiger partial charge in [0.15, 0.2) is 0 Å². The molecule has 7 heteroatoms. The molecule has 1 saturated heterocycles. The molecule has 2 unspecified atom stereocenters. The third-order valence-electron chi connectivity index (χ3n) is 6.37. The second-order valence-corrected chi connectivity index (χ2v) is 9.78. The third-order valence-corrected chi connectivity index (χ3v) is 6.37. The van der Waals surface area contributed by atoms with Crippen molar-refractivity contribution in [2.45, 2.75) is 59.2 Å². The van der Waals surface area contributed by atoms with Crippen molar-refractivity contribution in [3.63, 3.8) is 0 Å². The molecular formula is C23H27F3N2O2. The predicted octanol–water partition coefficient (Wildman–Crippen LogP) is 5.84. The van der Waals surface area contributed by atoms with Crippen LogP contribution in [0.5, 0.6) is 0 Å². The van der Waals surface area contributed by atoms with Gasteiger partial charge >= 0.3 is 12.1 Å². The maximum atomic E-state index is 13.6. The van der Waals surface area contributed by atoms with Crippen LogP contribution in [0.15, 0.2) is 24.4 Å². The van der Waals surface area contributed by atoms with E-state index in [1.165, 1.54) is 12.3 Å². The number of halogens is 3. The number of para-hydroxylation sites is 1. The van der Waals surface area contributed by atoms with Crippen LogP contribution in [-0.4, -0.2) is 30.1 Å². The summed E-state index contributed by atoms with van der Waals surface area (Å²) in [6.07, 6.45) is -0.349. The summed E-state index contributed by atoms with van der Waals surface area (Å²) in [5, 5.41) is 0.351. The van der Waals surface area contributed by atoms with Crippen LogP contribution in [0.1, 0.15) is 62.9 Å². The van der Waals surface area contributed by atoms with E-state index in [4.69, 9.17) is 4.74 Å². The van der Waals surface area contributed by atoms with Crippen LogP contribution in [0.4, 0.5) is 18.9 Å². The number of nitrogens with zero attached hydrogens (tertiary/aromatic N) is 2. The van der Waals surface area contributed by atoms with Crippen LogP contribution >= 0.6 is 0 Å². The van der Waals surface area contributed by atoms with Crippen LogP contribution in [-0.2, 0) is 10.9 Å². The summed E-state index contributed by atoms with van der Waals surface area (Å²) in [4.78, 5) is 18.9. The zero-order valence-electron chi connectivity index (χ0n) is 17.8. The molecule has 1 aromatic carbocycles. The molecule has 0 amide bonds. The standard InChI is InChI=1S/C23H27F3N2O2/c1-5-30-20(29)16-11-27-18-15(7-6-8-17(18)23(24,25)26)19(16)28-13-22(4)10-14(28)9-21(2,3)12-22/h6-8,11,14H,5,9-10,12-13H2,1-4H3. The zero-order valence-corrected chi connectivity index (χ0v) is 17.8. The number of anilines is 1. The van der Waals surface area contributed by atoms with Crippen LogP contribution in [0.2, 0.25) is 0 Å². The highest BCUT2D eigenvalue weighted by molar-refractivity contribution is 6.06. The lowest BCUT2D eigenvalue weighted by Crippen LogP contribution is -2.35. The summed E-state index contributed by atoms with van der Waals surface area (Å²) in [6.45, 7) is 9.30. The Morgan fingerprint density at radius 1 is 1.27 bits per heavy atom. The van der Waals surface area contributed by atoms with Gasteiger partial charge in [-0.1, -0.05) is 32.9 Å². The van der Waals surface area contributed by atoms with Gasteiger partial charge < -0.3 is 9.64 Å². The molecule has 2 aromatic rings. The molecule has 30 heavy (non-hydrogen) atoms. The monoisotopic (exact) mass is 420 g/mol. The number of hydrogen-bond donors (Lipinski definition) is 0. The number of aromatic nitrogens is 1. The van der Waals surface area contributed by atoms with Crippen LogP contribution in [0, 0.1) is 10.8 Å². The fraction of sp³-hybridized carbons (Fsp3) is 0.565. The van der Waals surface area contributed by atoms with Crippen molar-refractivity contribution in [3.8, 4) is 0 Å². The van der Waals surface area contributed by atoms with E-state index in [-0.39, 0.29) is 34.6 Å². The topological polar surface area (TPSA) is 42.4 Å². The van der Waals surface area contributed by atoms with Crippen molar-refractivity contribution in [3.05, 3.63) is 35.5 Å². The summed E-state index contributed by atoms with van der Waals surface area (Å²) in [5.41, 5.74) is 0.0318. The predicted molar refractivity (Wildman–Crippen MR) is 110 cm³/mol. The lowest BCUT2D eigenvalue weighted by molar-refractivity contribution is -0.136. The molecule has 2 fully saturated rings. The molecule has 2 heterocycles. The van der Waals surface area contributed by atoms with Gasteiger partial charge in [-0.05, 0) is 43.1 Å². The summed E-state index contributed by atoms with van der Waals surface area (Å²) in [6, 6.07) is 4.22. The van der Waals surface area contributed by atoms with Gasteiger partial charge in [-0.25, -0.2) is 4.79 Å². The first-order valence-corrected chi connectivity index (χ1v) is 10.4. The molecule has 2 atom stereocenters. The fourth-order valence-electron chi connectivity index (χ4n) is 5.83. The van der Waals surface area contributed by atoms with Crippen molar-refractivity contribution in [2.24, 2.45) is 10.8 Å². The summed E-state index contributed by atoms with van der Waals surface area (Å²) in [5.74, 6) is -0.551. The Morgan fingerprint density at radius 3 is 2.67 bits per heavy atom. The maximum Gasteiger partial charge on any atom is 0.418 e. The number of alkyl halides is 3. The second-order valence-electron chi connectivity index (χ2n) is 9.78. The lowest BCUT2D eigenvalue weighted by Gasteiger charge is -2.39. The average Bonchev–Trinajstić information content (AvgIpc) is 2.88. The summed E-state index contributed by atoms with van der Waals surface area (Å²) in [7, 11) is 0. The van der Waals surface area contributed by atoms with Gasteiger partial charge in [-0.2, -0.15) is 13.2 Å². The van der Waals surface area contributed by atoms with Gasteiger partial charge in [-0.15, -0.1) is 0 Å². The van der Waals surface area contributed by atoms with Gasteiger partial charge in [0.2, 0.25) is 0 Å². The van der Waals surface area contributed by atoms with Crippen molar-refractivity contribution in [2.75, 3.05) is 18.1 Å². The van der Waals surface area contributed by atoms with Crippen LogP contribution in [0.3, 0.4) is 0 Å². The molecule has 1 aliphatic heterocycles. The fourth-order valence-corrected chi connectivity index (χ4v) is 5.83. The minimum Gasteiger partial charge on any atom is -0.462 e. The number of benzene rings is 1. The third kappa shape index (κ3) is 3.52. The Labute approximate surface area is 174 Å². The van der Waals surface area contributed by atoms with Crippen LogP contribution in [0.25, 0.3) is 10.9 Å². The number of carbonyl (C=O) groups excluding carboxylic acids is 1. The van der Waals surface area contributed by atoms with E-state index in [0.29, 0.717) is 17.6 Å². The van der Waals surface area contributed by atoms with E-state index in [9.17, 15) is 18.0 Å². The zero-order chi connectivity index (χ0) is 21.9. The highest BCUT2D eigenvalue weighted by Crippen LogP contribution is 2.54. The molecule has 162 valence electrons. The molecule has 1 aromatic heterocycles. The van der Waals surface area contributed by atoms with Gasteiger partial charge in [-0.3, -0.25) is 4.98 Å². The van der Waals surface area contributed by atoms with E-state index in [1.807, 2.05) is 0 Å². The van der Waals surface area contributed by atoms with Crippen molar-refractivity contribution in [1.29, 1.82) is 0 Å². The molecule has 1 aliphatic carbocycles. The number of fused-ring (bicyclic) bond motifs is 3. The molecule has 1 saturated carbocycles. The highest BCUT2D eigenvalue weighted by atomic mass is 19.4. The smallest absolute Gasteiger partial charge is 0.418 e. The van der Waals surface area contributed by atoms with Gasteiger partial charge in [0, 0.05) is 24.2 Å². The quantitative estimate of drug-likeness (QED) is 0.586. The average molecular weight is 420 g/mol. The number of carbonyl (C=O) groups is 1. The maximum absolute atomic E-state index is 13.6. The minimum absolute atomic E-state index is 0.0512. The SMILES string of the molecule is CCOC(=O)c1cnc2c(C(F)(F)F)cccc2c1N1CC2(C)CC1CC(C)(C)C2. The summed E-state index contributed by atoms with van der Waals surface area (Å²) < 4.78 is 46.1. The first-order chi connectivity index (χ1) is 13.9. The largest absolute Gasteiger partial charge is 0.462 e. The van der Waals surface area contributed by atoms with E-state index in [0.717, 1.165) is 25.3 Å². The number of hydrogen-bond acceptors (Lipinski definition) is 4. The molecule has 0 spiro atoms. The van der Waals surface area contributed by atoms with E-state index >= 15 is 0 Å². The number of pyridine rings is 1. The molecular weight excluding hydrogens is 393 g/mol. The van der Waals surface area contributed by atoms with E-state index < -0.39 is 17.7 Å². The number of esters is 1. The second kappa shape index (κ2) is 6.86. The van der Waals surface area contributed by atoms with Crippen molar-refractivity contribution >= 4 is 22.6 Å². The molecule has 2 bridgehead atoms. The number of ether oxygens (including phenoxy) is 1. The van der Waals surface area contributed by atoms with Crippen molar-refractivity contribution < 1.29 is 22.7 Å². The Morgan fingerprint density at radius 2 is 2.00 bits per heavy atom. The highest BCUT2D eigenvalue weighted by Gasteiger charge is 2.50. The van der Waals surface area contributed by atoms with Gasteiger partial charge in [0.25, 0.3) is 0 Å². The van der Waals surface area contributed by atoms with Crippen molar-refractivity contribution in [1.82, 2.24) is 4.98 Å². The van der Waals surface area contributed by atoms with Gasteiger partial charge in [0.1, 0.15) is 5.56 Å². The molecule has 2 aliphatic rings. The Balaban J connectivity index is 1.95. The molecule has 0 radical (unpaired) electrons. The normalized spacial score (nSPS) is 25.6. The summed E-state index contributed by atoms with van der Waals surface area (Å²) >= 11 is 0. The minimum atomic E-state index is -4.52.